The van der Waals surface area contributed by atoms with E-state index in [1.165, 1.54) is 6.26 Å². The van der Waals surface area contributed by atoms with Gasteiger partial charge in [-0.1, -0.05) is 6.07 Å². The van der Waals surface area contributed by atoms with E-state index in [1.807, 2.05) is 0 Å². The highest BCUT2D eigenvalue weighted by molar-refractivity contribution is 9.10. The summed E-state index contributed by atoms with van der Waals surface area (Å²) in [6.45, 7) is 0.844. The van der Waals surface area contributed by atoms with Gasteiger partial charge in [-0.3, -0.25) is 4.79 Å². The number of carbonyl (C=O) groups is 1. The minimum Gasteiger partial charge on any atom is -0.494 e. The molecule has 16 heavy (non-hydrogen) atoms. The maximum absolute atomic E-state index is 11.6. The summed E-state index contributed by atoms with van der Waals surface area (Å²) in [6.07, 6.45) is 1.30. The molecule has 6 heteroatoms. The SMILES string of the molecule is O=C(Nc1cccc(Br)n1)C1=COCCO1. The zero-order chi connectivity index (χ0) is 11.4. The largest absolute Gasteiger partial charge is 0.494 e. The predicted molar refractivity (Wildman–Crippen MR) is 60.6 cm³/mol. The van der Waals surface area contributed by atoms with Gasteiger partial charge in [0.25, 0.3) is 5.91 Å². The first-order chi connectivity index (χ1) is 7.75. The first kappa shape index (κ1) is 10.9. The van der Waals surface area contributed by atoms with Gasteiger partial charge < -0.3 is 14.8 Å². The van der Waals surface area contributed by atoms with Crippen LogP contribution in [0.4, 0.5) is 5.82 Å². The van der Waals surface area contributed by atoms with Crippen molar-refractivity contribution in [1.82, 2.24) is 4.98 Å². The minimum atomic E-state index is -0.370. The maximum atomic E-state index is 11.6. The van der Waals surface area contributed by atoms with Gasteiger partial charge in [0.15, 0.2) is 0 Å². The zero-order valence-electron chi connectivity index (χ0n) is 8.27. The van der Waals surface area contributed by atoms with Crippen LogP contribution in [0.5, 0.6) is 0 Å². The Balaban J connectivity index is 2.04. The molecule has 0 unspecified atom stereocenters. The molecular weight excluding hydrogens is 276 g/mol. The Morgan fingerprint density at radius 2 is 2.31 bits per heavy atom. The number of pyridine rings is 1. The summed E-state index contributed by atoms with van der Waals surface area (Å²) < 4.78 is 10.8. The summed E-state index contributed by atoms with van der Waals surface area (Å²) in [5, 5.41) is 2.60. The Labute approximate surface area is 101 Å². The Morgan fingerprint density at radius 3 is 3.00 bits per heavy atom. The average molecular weight is 285 g/mol. The number of ether oxygens (including phenoxy) is 2. The van der Waals surface area contributed by atoms with Crippen LogP contribution >= 0.6 is 15.9 Å². The van der Waals surface area contributed by atoms with Crippen LogP contribution in [0.15, 0.2) is 34.8 Å². The summed E-state index contributed by atoms with van der Waals surface area (Å²) >= 11 is 3.22. The summed E-state index contributed by atoms with van der Waals surface area (Å²) in [6, 6.07) is 5.24. The fourth-order valence-corrected chi connectivity index (χ4v) is 1.49. The van der Waals surface area contributed by atoms with Crippen molar-refractivity contribution in [1.29, 1.82) is 0 Å². The summed E-state index contributed by atoms with van der Waals surface area (Å²) in [5.74, 6) is 0.243. The van der Waals surface area contributed by atoms with Crippen LogP contribution in [0.2, 0.25) is 0 Å². The second kappa shape index (κ2) is 4.98. The monoisotopic (exact) mass is 284 g/mol. The van der Waals surface area contributed by atoms with Crippen LogP contribution in [-0.2, 0) is 14.3 Å². The molecule has 0 aromatic carbocycles. The number of aromatic nitrogens is 1. The van der Waals surface area contributed by atoms with Gasteiger partial charge in [0, 0.05) is 0 Å². The van der Waals surface area contributed by atoms with Crippen molar-refractivity contribution < 1.29 is 14.3 Å². The van der Waals surface area contributed by atoms with E-state index in [9.17, 15) is 4.79 Å². The molecule has 0 bridgehead atoms. The second-order valence-corrected chi connectivity index (χ2v) is 3.81. The molecule has 2 rings (SSSR count). The number of amides is 1. The highest BCUT2D eigenvalue weighted by atomic mass is 79.9. The van der Waals surface area contributed by atoms with E-state index in [0.29, 0.717) is 23.6 Å². The Bertz CT molecular complexity index is 434. The Hall–Kier alpha value is -1.56. The molecule has 1 N–H and O–H groups in total. The molecule has 1 amide bonds. The third kappa shape index (κ3) is 2.73. The fourth-order valence-electron chi connectivity index (χ4n) is 1.14. The molecule has 1 aliphatic rings. The minimum absolute atomic E-state index is 0.160. The van der Waals surface area contributed by atoms with Crippen molar-refractivity contribution in [2.24, 2.45) is 0 Å². The lowest BCUT2D eigenvalue weighted by Gasteiger charge is -2.14. The lowest BCUT2D eigenvalue weighted by Crippen LogP contribution is -2.21. The highest BCUT2D eigenvalue weighted by Crippen LogP contribution is 2.12. The van der Waals surface area contributed by atoms with Crippen LogP contribution in [0.3, 0.4) is 0 Å². The number of hydrogen-bond donors (Lipinski definition) is 1. The van der Waals surface area contributed by atoms with Gasteiger partial charge in [0.2, 0.25) is 5.76 Å². The molecule has 84 valence electrons. The third-order valence-corrected chi connectivity index (χ3v) is 2.27. The van der Waals surface area contributed by atoms with E-state index in [0.717, 1.165) is 0 Å². The molecule has 0 radical (unpaired) electrons. The molecule has 0 spiro atoms. The Kier molecular flexibility index (Phi) is 3.40. The van der Waals surface area contributed by atoms with Crippen molar-refractivity contribution in [3.63, 3.8) is 0 Å². The molecule has 0 saturated heterocycles. The van der Waals surface area contributed by atoms with Crippen LogP contribution in [0, 0.1) is 0 Å². The quantitative estimate of drug-likeness (QED) is 0.840. The topological polar surface area (TPSA) is 60.5 Å². The smallest absolute Gasteiger partial charge is 0.295 e. The first-order valence-electron chi connectivity index (χ1n) is 4.64. The average Bonchev–Trinajstić information content (AvgIpc) is 2.30. The predicted octanol–water partition coefficient (Wildman–Crippen LogP) is 1.67. The van der Waals surface area contributed by atoms with Crippen molar-refractivity contribution >= 4 is 27.7 Å². The number of anilines is 1. The molecule has 1 aromatic heterocycles. The second-order valence-electron chi connectivity index (χ2n) is 3.00. The number of hydrogen-bond acceptors (Lipinski definition) is 4. The van der Waals surface area contributed by atoms with E-state index < -0.39 is 0 Å². The van der Waals surface area contributed by atoms with E-state index in [1.54, 1.807) is 18.2 Å². The number of rotatable bonds is 2. The van der Waals surface area contributed by atoms with Crippen LogP contribution in [0.1, 0.15) is 0 Å². The van der Waals surface area contributed by atoms with E-state index >= 15 is 0 Å². The van der Waals surface area contributed by atoms with E-state index in [4.69, 9.17) is 9.47 Å². The number of nitrogens with zero attached hydrogens (tertiary/aromatic N) is 1. The molecule has 0 atom stereocenters. The van der Waals surface area contributed by atoms with Crippen LogP contribution in [-0.4, -0.2) is 24.1 Å². The van der Waals surface area contributed by atoms with Crippen LogP contribution in [0.25, 0.3) is 0 Å². The molecule has 1 aliphatic heterocycles. The highest BCUT2D eigenvalue weighted by Gasteiger charge is 2.15. The van der Waals surface area contributed by atoms with Crippen molar-refractivity contribution in [2.75, 3.05) is 18.5 Å². The molecule has 2 heterocycles. The number of halogens is 1. The van der Waals surface area contributed by atoms with Crippen molar-refractivity contribution in [2.45, 2.75) is 0 Å². The lowest BCUT2D eigenvalue weighted by molar-refractivity contribution is -0.117. The Morgan fingerprint density at radius 1 is 1.44 bits per heavy atom. The van der Waals surface area contributed by atoms with E-state index in [2.05, 4.69) is 26.2 Å². The summed E-state index contributed by atoms with van der Waals surface area (Å²) in [7, 11) is 0. The molecule has 1 aromatic rings. The zero-order valence-corrected chi connectivity index (χ0v) is 9.86. The van der Waals surface area contributed by atoms with Gasteiger partial charge >= 0.3 is 0 Å². The third-order valence-electron chi connectivity index (χ3n) is 1.83. The first-order valence-corrected chi connectivity index (χ1v) is 5.43. The van der Waals surface area contributed by atoms with Crippen molar-refractivity contribution in [3.05, 3.63) is 34.8 Å². The van der Waals surface area contributed by atoms with Gasteiger partial charge in [0.05, 0.1) is 0 Å². The number of carbonyl (C=O) groups excluding carboxylic acids is 1. The van der Waals surface area contributed by atoms with Gasteiger partial charge in [0.1, 0.15) is 29.9 Å². The van der Waals surface area contributed by atoms with Crippen molar-refractivity contribution in [3.8, 4) is 0 Å². The van der Waals surface area contributed by atoms with Gasteiger partial charge in [-0.25, -0.2) is 4.98 Å². The fraction of sp³-hybridized carbons (Fsp3) is 0.200. The molecule has 5 nitrogen and oxygen atoms in total. The normalized spacial score (nSPS) is 14.4. The summed E-state index contributed by atoms with van der Waals surface area (Å²) in [5.41, 5.74) is 0. The van der Waals surface area contributed by atoms with E-state index in [-0.39, 0.29) is 11.7 Å². The standard InChI is InChI=1S/C10H9BrN2O3/c11-8-2-1-3-9(12-8)13-10(14)7-6-15-4-5-16-7/h1-3,6H,4-5H2,(H,12,13,14). The van der Waals surface area contributed by atoms with Crippen LogP contribution < -0.4 is 5.32 Å². The molecule has 0 aliphatic carbocycles. The van der Waals surface area contributed by atoms with Gasteiger partial charge in [-0.15, -0.1) is 0 Å². The molecule has 0 fully saturated rings. The molecule has 0 saturated carbocycles. The maximum Gasteiger partial charge on any atom is 0.295 e. The molecular formula is C10H9BrN2O3. The lowest BCUT2D eigenvalue weighted by atomic mass is 10.4. The van der Waals surface area contributed by atoms with Gasteiger partial charge in [-0.2, -0.15) is 0 Å². The number of nitrogens with one attached hydrogen (secondary N) is 1. The summed E-state index contributed by atoms with van der Waals surface area (Å²) in [4.78, 5) is 15.7. The van der Waals surface area contributed by atoms with Gasteiger partial charge in [-0.05, 0) is 28.1 Å².